The van der Waals surface area contributed by atoms with E-state index in [0.29, 0.717) is 17.8 Å². The van der Waals surface area contributed by atoms with Crippen molar-refractivity contribution in [3.05, 3.63) is 65.0 Å². The molecule has 0 fully saturated rings. The summed E-state index contributed by atoms with van der Waals surface area (Å²) in [6.45, 7) is 2.40. The molecule has 20 heavy (non-hydrogen) atoms. The summed E-state index contributed by atoms with van der Waals surface area (Å²) in [5, 5.41) is 2.72. The van der Waals surface area contributed by atoms with Gasteiger partial charge >= 0.3 is 0 Å². The highest BCUT2D eigenvalue weighted by atomic mass is 19.1. The molecule has 1 amide bonds. The van der Waals surface area contributed by atoms with Gasteiger partial charge in [0, 0.05) is 11.3 Å². The summed E-state index contributed by atoms with van der Waals surface area (Å²) in [6.07, 6.45) is 0.783. The van der Waals surface area contributed by atoms with E-state index in [1.807, 2.05) is 19.1 Å². The average Bonchev–Trinajstić information content (AvgIpc) is 2.44. The first-order valence-corrected chi connectivity index (χ1v) is 6.46. The number of amides is 1. The minimum atomic E-state index is -0.371. The first-order valence-electron chi connectivity index (χ1n) is 6.46. The number of hydrogen-bond donors (Lipinski definition) is 2. The molecule has 0 bridgehead atoms. The van der Waals surface area contributed by atoms with E-state index in [-0.39, 0.29) is 11.7 Å². The van der Waals surface area contributed by atoms with Crippen molar-refractivity contribution in [2.75, 3.05) is 11.9 Å². The van der Waals surface area contributed by atoms with Crippen molar-refractivity contribution < 1.29 is 9.18 Å². The van der Waals surface area contributed by atoms with Crippen LogP contribution in [0.15, 0.2) is 42.5 Å². The molecule has 3 N–H and O–H groups in total. The molecule has 0 atom stereocenters. The zero-order valence-corrected chi connectivity index (χ0v) is 11.3. The number of halogens is 1. The van der Waals surface area contributed by atoms with E-state index in [9.17, 15) is 9.18 Å². The SMILES string of the molecule is Cc1ccc(F)cc1NC(=O)c1ccc(CCN)cc1. The van der Waals surface area contributed by atoms with Crippen molar-refractivity contribution in [2.45, 2.75) is 13.3 Å². The fraction of sp³-hybridized carbons (Fsp3) is 0.188. The van der Waals surface area contributed by atoms with Gasteiger partial charge in [-0.1, -0.05) is 18.2 Å². The molecule has 0 saturated carbocycles. The molecule has 0 spiro atoms. The van der Waals surface area contributed by atoms with Crippen LogP contribution in [-0.4, -0.2) is 12.5 Å². The van der Waals surface area contributed by atoms with Crippen LogP contribution in [0.3, 0.4) is 0 Å². The number of hydrogen-bond acceptors (Lipinski definition) is 2. The molecule has 2 rings (SSSR count). The highest BCUT2D eigenvalue weighted by Gasteiger charge is 2.08. The normalized spacial score (nSPS) is 10.3. The molecule has 0 aliphatic rings. The molecule has 0 unspecified atom stereocenters. The van der Waals surface area contributed by atoms with Gasteiger partial charge in [-0.3, -0.25) is 4.79 Å². The minimum absolute atomic E-state index is 0.252. The Labute approximate surface area is 117 Å². The van der Waals surface area contributed by atoms with Gasteiger partial charge in [-0.05, 0) is 55.3 Å². The standard InChI is InChI=1S/C16H17FN2O/c1-11-2-7-14(17)10-15(11)19-16(20)13-5-3-12(4-6-13)8-9-18/h2-7,10H,8-9,18H2,1H3,(H,19,20). The molecular weight excluding hydrogens is 255 g/mol. The molecule has 0 aromatic heterocycles. The molecule has 4 heteroatoms. The highest BCUT2D eigenvalue weighted by Crippen LogP contribution is 2.17. The van der Waals surface area contributed by atoms with Crippen LogP contribution in [0.1, 0.15) is 21.5 Å². The van der Waals surface area contributed by atoms with Gasteiger partial charge in [-0.25, -0.2) is 4.39 Å². The van der Waals surface area contributed by atoms with Crippen molar-refractivity contribution >= 4 is 11.6 Å². The number of nitrogens with one attached hydrogen (secondary N) is 1. The molecular formula is C16H17FN2O. The summed E-state index contributed by atoms with van der Waals surface area (Å²) >= 11 is 0. The maximum Gasteiger partial charge on any atom is 0.255 e. The van der Waals surface area contributed by atoms with Crippen LogP contribution in [0, 0.1) is 12.7 Å². The first kappa shape index (κ1) is 14.2. The van der Waals surface area contributed by atoms with Gasteiger partial charge < -0.3 is 11.1 Å². The molecule has 3 nitrogen and oxygen atoms in total. The number of aryl methyl sites for hydroxylation is 1. The van der Waals surface area contributed by atoms with E-state index in [4.69, 9.17) is 5.73 Å². The third-order valence-corrected chi connectivity index (χ3v) is 3.10. The lowest BCUT2D eigenvalue weighted by Gasteiger charge is -2.09. The maximum absolute atomic E-state index is 13.2. The van der Waals surface area contributed by atoms with E-state index >= 15 is 0 Å². The fourth-order valence-corrected chi connectivity index (χ4v) is 1.91. The zero-order valence-electron chi connectivity index (χ0n) is 11.3. The lowest BCUT2D eigenvalue weighted by molar-refractivity contribution is 0.102. The van der Waals surface area contributed by atoms with Crippen LogP contribution in [0.4, 0.5) is 10.1 Å². The van der Waals surface area contributed by atoms with Crippen LogP contribution in [0.25, 0.3) is 0 Å². The van der Waals surface area contributed by atoms with Crippen LogP contribution in [-0.2, 0) is 6.42 Å². The number of benzene rings is 2. The second-order valence-electron chi connectivity index (χ2n) is 4.65. The van der Waals surface area contributed by atoms with Crippen LogP contribution in [0.2, 0.25) is 0 Å². The summed E-state index contributed by atoms with van der Waals surface area (Å²) in [4.78, 5) is 12.1. The number of nitrogens with two attached hydrogens (primary N) is 1. The Hall–Kier alpha value is -2.20. The van der Waals surface area contributed by atoms with Crippen LogP contribution < -0.4 is 11.1 Å². The molecule has 0 saturated heterocycles. The van der Waals surface area contributed by atoms with E-state index in [0.717, 1.165) is 17.5 Å². The Bertz CT molecular complexity index is 608. The van der Waals surface area contributed by atoms with Crippen molar-refractivity contribution in [3.63, 3.8) is 0 Å². The van der Waals surface area contributed by atoms with Crippen molar-refractivity contribution in [2.24, 2.45) is 5.73 Å². The summed E-state index contributed by atoms with van der Waals surface area (Å²) in [6, 6.07) is 11.6. The quantitative estimate of drug-likeness (QED) is 0.899. The van der Waals surface area contributed by atoms with E-state index < -0.39 is 0 Å². The largest absolute Gasteiger partial charge is 0.330 e. The topological polar surface area (TPSA) is 55.1 Å². The predicted octanol–water partition coefficient (Wildman–Crippen LogP) is 2.89. The van der Waals surface area contributed by atoms with Gasteiger partial charge in [0.05, 0.1) is 0 Å². The first-order chi connectivity index (χ1) is 9.60. The number of carbonyl (C=O) groups excluding carboxylic acids is 1. The van der Waals surface area contributed by atoms with Gasteiger partial charge in [0.15, 0.2) is 0 Å². The summed E-state index contributed by atoms with van der Waals surface area (Å²) in [5.41, 5.74) is 8.41. The summed E-state index contributed by atoms with van der Waals surface area (Å²) < 4.78 is 13.2. The van der Waals surface area contributed by atoms with Crippen LogP contribution >= 0.6 is 0 Å². The Kier molecular flexibility index (Phi) is 4.48. The number of rotatable bonds is 4. The molecule has 0 aliphatic heterocycles. The third kappa shape index (κ3) is 3.42. The lowest BCUT2D eigenvalue weighted by Crippen LogP contribution is -2.13. The van der Waals surface area contributed by atoms with Crippen molar-refractivity contribution in [1.82, 2.24) is 0 Å². The Morgan fingerprint density at radius 2 is 1.90 bits per heavy atom. The number of anilines is 1. The Balaban J connectivity index is 2.13. The van der Waals surface area contributed by atoms with Crippen LogP contribution in [0.5, 0.6) is 0 Å². The highest BCUT2D eigenvalue weighted by molar-refractivity contribution is 6.04. The van der Waals surface area contributed by atoms with E-state index in [2.05, 4.69) is 5.32 Å². The van der Waals surface area contributed by atoms with Gasteiger partial charge in [-0.15, -0.1) is 0 Å². The van der Waals surface area contributed by atoms with E-state index in [1.54, 1.807) is 18.2 Å². The summed E-state index contributed by atoms with van der Waals surface area (Å²) in [5.74, 6) is -0.623. The minimum Gasteiger partial charge on any atom is -0.330 e. The van der Waals surface area contributed by atoms with Crippen molar-refractivity contribution in [3.8, 4) is 0 Å². The maximum atomic E-state index is 13.2. The second-order valence-corrected chi connectivity index (χ2v) is 4.65. The lowest BCUT2D eigenvalue weighted by atomic mass is 10.1. The van der Waals surface area contributed by atoms with Gasteiger partial charge in [0.1, 0.15) is 5.82 Å². The molecule has 2 aromatic carbocycles. The van der Waals surface area contributed by atoms with Crippen molar-refractivity contribution in [1.29, 1.82) is 0 Å². The second kappa shape index (κ2) is 6.30. The third-order valence-electron chi connectivity index (χ3n) is 3.10. The molecule has 2 aromatic rings. The Morgan fingerprint density at radius 3 is 2.55 bits per heavy atom. The van der Waals surface area contributed by atoms with Gasteiger partial charge in [-0.2, -0.15) is 0 Å². The molecule has 0 radical (unpaired) electrons. The molecule has 104 valence electrons. The average molecular weight is 272 g/mol. The number of carbonyl (C=O) groups is 1. The van der Waals surface area contributed by atoms with Gasteiger partial charge in [0.25, 0.3) is 5.91 Å². The summed E-state index contributed by atoms with van der Waals surface area (Å²) in [7, 11) is 0. The smallest absolute Gasteiger partial charge is 0.255 e. The van der Waals surface area contributed by atoms with Gasteiger partial charge in [0.2, 0.25) is 0 Å². The molecule has 0 heterocycles. The van der Waals surface area contributed by atoms with E-state index in [1.165, 1.54) is 12.1 Å². The zero-order chi connectivity index (χ0) is 14.5. The monoisotopic (exact) mass is 272 g/mol. The predicted molar refractivity (Wildman–Crippen MR) is 78.3 cm³/mol. The fourth-order valence-electron chi connectivity index (χ4n) is 1.91. The molecule has 0 aliphatic carbocycles. The Morgan fingerprint density at radius 1 is 1.20 bits per heavy atom.